The van der Waals surface area contributed by atoms with Crippen LogP contribution in [0.25, 0.3) is 134 Å². The molecule has 1 aliphatic carbocycles. The third kappa shape index (κ3) is 7.55. The molecule has 14 aromatic rings. The molecule has 2 heterocycles. The minimum atomic E-state index is -0.132. The summed E-state index contributed by atoms with van der Waals surface area (Å²) in [6.45, 7) is 4.74. The van der Waals surface area contributed by atoms with Crippen LogP contribution in [-0.4, -0.2) is 9.13 Å². The van der Waals surface area contributed by atoms with Gasteiger partial charge in [-0.1, -0.05) is 232 Å². The molecule has 0 saturated carbocycles. The molecule has 0 N–H and O–H groups in total. The van der Waals surface area contributed by atoms with Gasteiger partial charge in [0.05, 0.1) is 22.1 Å². The molecule has 2 heteroatoms. The number of benzene rings is 12. The normalized spacial score (nSPS) is 13.1. The van der Waals surface area contributed by atoms with Gasteiger partial charge < -0.3 is 9.13 Å². The summed E-state index contributed by atoms with van der Waals surface area (Å²) in [5.41, 5.74) is 22.1. The summed E-state index contributed by atoms with van der Waals surface area (Å²) in [6, 6.07) is 93.9. The van der Waals surface area contributed by atoms with Crippen molar-refractivity contribution in [2.24, 2.45) is 0 Å². The largest absolute Gasteiger partial charge is 0.309 e. The Morgan fingerprint density at radius 1 is 0.273 bits per heavy atom. The summed E-state index contributed by atoms with van der Waals surface area (Å²) in [4.78, 5) is 0. The predicted molar refractivity (Wildman–Crippen MR) is 329 cm³/mol. The van der Waals surface area contributed by atoms with Crippen LogP contribution in [0, 0.1) is 0 Å². The van der Waals surface area contributed by atoms with Crippen molar-refractivity contribution in [1.82, 2.24) is 9.13 Å². The average molecular weight is 981 g/mol. The van der Waals surface area contributed by atoms with Gasteiger partial charge in [-0.25, -0.2) is 0 Å². The molecule has 0 amide bonds. The SMILES string of the molecule is CC1(C)c2cc(C=Cc3ccc(-c4ccc5c(c4)c4ccccc4n5-c4ccc5ccccc5c4)cc3)ccc2-c2ccc(C=Cc3ccc(-c4ccc5c(c4)c4ccccc4n5-c4ccc5ccccc5c4)cc3)cc21. The molecule has 0 spiro atoms. The van der Waals surface area contributed by atoms with Crippen LogP contribution >= 0.6 is 0 Å². The number of nitrogens with zero attached hydrogens (tertiary/aromatic N) is 2. The fourth-order valence-electron chi connectivity index (χ4n) is 12.4. The molecule has 362 valence electrons. The van der Waals surface area contributed by atoms with Crippen LogP contribution in [0.3, 0.4) is 0 Å². The second-order valence-corrected chi connectivity index (χ2v) is 21.4. The maximum Gasteiger partial charge on any atom is 0.0541 e. The van der Waals surface area contributed by atoms with Crippen molar-refractivity contribution < 1.29 is 0 Å². The van der Waals surface area contributed by atoms with Crippen molar-refractivity contribution in [1.29, 1.82) is 0 Å². The molecule has 2 nitrogen and oxygen atoms in total. The van der Waals surface area contributed by atoms with Gasteiger partial charge in [0.1, 0.15) is 0 Å². The van der Waals surface area contributed by atoms with E-state index in [0.29, 0.717) is 0 Å². The van der Waals surface area contributed by atoms with Crippen molar-refractivity contribution in [2.75, 3.05) is 0 Å². The average Bonchev–Trinajstić information content (AvgIpc) is 4.20. The number of fused-ring (bicyclic) bond motifs is 11. The zero-order valence-corrected chi connectivity index (χ0v) is 43.0. The Kier molecular flexibility index (Phi) is 10.3. The number of para-hydroxylation sites is 2. The minimum absolute atomic E-state index is 0.132. The van der Waals surface area contributed by atoms with Crippen molar-refractivity contribution >= 4 is 89.5 Å². The molecule has 77 heavy (non-hydrogen) atoms. The molecule has 0 radical (unpaired) electrons. The van der Waals surface area contributed by atoms with E-state index in [9.17, 15) is 0 Å². The lowest BCUT2D eigenvalue weighted by Crippen LogP contribution is -2.15. The summed E-state index contributed by atoms with van der Waals surface area (Å²) in [5.74, 6) is 0. The summed E-state index contributed by atoms with van der Waals surface area (Å²) >= 11 is 0. The Balaban J connectivity index is 0.645. The van der Waals surface area contributed by atoms with E-state index in [4.69, 9.17) is 0 Å². The van der Waals surface area contributed by atoms with Gasteiger partial charge in [-0.05, 0) is 149 Å². The van der Waals surface area contributed by atoms with Gasteiger partial charge in [0.25, 0.3) is 0 Å². The molecule has 15 rings (SSSR count). The van der Waals surface area contributed by atoms with E-state index in [1.54, 1.807) is 0 Å². The van der Waals surface area contributed by atoms with Gasteiger partial charge in [-0.3, -0.25) is 0 Å². The Morgan fingerprint density at radius 2 is 0.636 bits per heavy atom. The van der Waals surface area contributed by atoms with Crippen LogP contribution in [-0.2, 0) is 5.41 Å². The summed E-state index contributed by atoms with van der Waals surface area (Å²) in [7, 11) is 0. The van der Waals surface area contributed by atoms with Gasteiger partial charge in [0.15, 0.2) is 0 Å². The van der Waals surface area contributed by atoms with Gasteiger partial charge in [-0.2, -0.15) is 0 Å². The number of hydrogen-bond acceptors (Lipinski definition) is 0. The Bertz CT molecular complexity index is 4440. The van der Waals surface area contributed by atoms with Crippen molar-refractivity contribution in [2.45, 2.75) is 19.3 Å². The van der Waals surface area contributed by atoms with E-state index in [1.165, 1.54) is 143 Å². The topological polar surface area (TPSA) is 9.86 Å². The van der Waals surface area contributed by atoms with Crippen molar-refractivity contribution in [3.8, 4) is 44.8 Å². The monoisotopic (exact) mass is 980 g/mol. The lowest BCUT2D eigenvalue weighted by atomic mass is 9.81. The van der Waals surface area contributed by atoms with Crippen LogP contribution in [0.5, 0.6) is 0 Å². The Hall–Kier alpha value is -9.76. The van der Waals surface area contributed by atoms with E-state index in [1.807, 2.05) is 0 Å². The first kappa shape index (κ1) is 44.7. The highest BCUT2D eigenvalue weighted by atomic mass is 15.0. The predicted octanol–water partition coefficient (Wildman–Crippen LogP) is 20.2. The third-order valence-corrected chi connectivity index (χ3v) is 16.5. The first-order valence-electron chi connectivity index (χ1n) is 26.8. The number of rotatable bonds is 8. The third-order valence-electron chi connectivity index (χ3n) is 16.5. The number of hydrogen-bond donors (Lipinski definition) is 0. The fourth-order valence-corrected chi connectivity index (χ4v) is 12.4. The van der Waals surface area contributed by atoms with Gasteiger partial charge in [0, 0.05) is 38.3 Å². The molecule has 1 aliphatic rings. The molecule has 0 saturated heterocycles. The van der Waals surface area contributed by atoms with Crippen molar-refractivity contribution in [3.63, 3.8) is 0 Å². The Morgan fingerprint density at radius 3 is 1.09 bits per heavy atom. The zero-order chi connectivity index (χ0) is 51.2. The minimum Gasteiger partial charge on any atom is -0.309 e. The second kappa shape index (κ2) is 17.7. The lowest BCUT2D eigenvalue weighted by molar-refractivity contribution is 0.660. The standard InChI is InChI=1S/C75H52N2/c1-75(2)69-43-51(21-19-49-23-29-55(30-24-49)59-35-41-73-67(47-59)65-15-7-9-17-71(65)76(73)61-37-33-53-11-3-5-13-57(53)45-61)27-39-63(69)64-40-28-52(44-70(64)75)22-20-50-25-31-56(32-26-50)60-36-42-74-68(48-60)66-16-8-10-18-72(66)77(74)62-38-34-54-12-4-6-14-58(54)46-62/h3-48H,1-2H3. The van der Waals surface area contributed by atoms with Crippen LogP contribution in [0.15, 0.2) is 255 Å². The fraction of sp³-hybridized carbons (Fsp3) is 0.0400. The molecule has 0 fully saturated rings. The van der Waals surface area contributed by atoms with Crippen LogP contribution in [0.4, 0.5) is 0 Å². The van der Waals surface area contributed by atoms with Crippen LogP contribution in [0.1, 0.15) is 47.2 Å². The first-order valence-corrected chi connectivity index (χ1v) is 26.8. The van der Waals surface area contributed by atoms with Gasteiger partial charge in [0.2, 0.25) is 0 Å². The molecular formula is C75H52N2. The molecule has 0 atom stereocenters. The molecule has 0 bridgehead atoms. The van der Waals surface area contributed by atoms with E-state index in [0.717, 1.165) is 0 Å². The smallest absolute Gasteiger partial charge is 0.0541 e. The summed E-state index contributed by atoms with van der Waals surface area (Å²) < 4.78 is 4.80. The summed E-state index contributed by atoms with van der Waals surface area (Å²) in [5, 5.41) is 10.0. The highest BCUT2D eigenvalue weighted by molar-refractivity contribution is 6.12. The lowest BCUT2D eigenvalue weighted by Gasteiger charge is -2.22. The van der Waals surface area contributed by atoms with Crippen molar-refractivity contribution in [3.05, 3.63) is 288 Å². The van der Waals surface area contributed by atoms with Gasteiger partial charge >= 0.3 is 0 Å². The zero-order valence-electron chi connectivity index (χ0n) is 43.0. The molecular weight excluding hydrogens is 929 g/mol. The highest BCUT2D eigenvalue weighted by Gasteiger charge is 2.35. The molecule has 0 unspecified atom stereocenters. The molecule has 0 aliphatic heterocycles. The maximum atomic E-state index is 2.40. The van der Waals surface area contributed by atoms with Crippen LogP contribution < -0.4 is 0 Å². The molecule has 12 aromatic carbocycles. The first-order chi connectivity index (χ1) is 37.9. The highest BCUT2D eigenvalue weighted by Crippen LogP contribution is 2.49. The second-order valence-electron chi connectivity index (χ2n) is 21.4. The quantitative estimate of drug-likeness (QED) is 0.134. The van der Waals surface area contributed by atoms with E-state index < -0.39 is 0 Å². The molecule has 2 aromatic heterocycles. The Labute approximate surface area is 448 Å². The van der Waals surface area contributed by atoms with E-state index in [2.05, 4.69) is 302 Å². The van der Waals surface area contributed by atoms with Crippen LogP contribution in [0.2, 0.25) is 0 Å². The van der Waals surface area contributed by atoms with Gasteiger partial charge in [-0.15, -0.1) is 0 Å². The number of aromatic nitrogens is 2. The maximum absolute atomic E-state index is 2.40. The van der Waals surface area contributed by atoms with E-state index >= 15 is 0 Å². The van der Waals surface area contributed by atoms with E-state index in [-0.39, 0.29) is 5.41 Å². The summed E-state index contributed by atoms with van der Waals surface area (Å²) in [6.07, 6.45) is 8.99.